The largest absolute Gasteiger partial charge is 0.349 e. The summed E-state index contributed by atoms with van der Waals surface area (Å²) >= 11 is 0. The van der Waals surface area contributed by atoms with Gasteiger partial charge in [0.1, 0.15) is 0 Å². The second-order valence-corrected chi connectivity index (χ2v) is 3.26. The summed E-state index contributed by atoms with van der Waals surface area (Å²) in [5.41, 5.74) is 6.54. The maximum absolute atomic E-state index is 11.3. The summed E-state index contributed by atoms with van der Waals surface area (Å²) in [7, 11) is 0. The summed E-state index contributed by atoms with van der Waals surface area (Å²) in [6.07, 6.45) is 2.15. The van der Waals surface area contributed by atoms with Crippen molar-refractivity contribution in [2.45, 2.75) is 20.3 Å². The number of hydrogen-bond donors (Lipinski definition) is 2. The van der Waals surface area contributed by atoms with E-state index in [4.69, 9.17) is 5.73 Å². The number of carbonyl (C=O) groups excluding carboxylic acids is 2. The highest BCUT2D eigenvalue weighted by Crippen LogP contribution is 2.16. The SMILES string of the molecule is C=CCC(C(=O)ONC(N)=O)C(C)C. The molecule has 0 aromatic heterocycles. The molecule has 0 fully saturated rings. The van der Waals surface area contributed by atoms with E-state index in [9.17, 15) is 9.59 Å². The summed E-state index contributed by atoms with van der Waals surface area (Å²) in [5.74, 6) is -0.687. The Morgan fingerprint density at radius 3 is 2.50 bits per heavy atom. The topological polar surface area (TPSA) is 81.4 Å². The molecule has 5 nitrogen and oxygen atoms in total. The van der Waals surface area contributed by atoms with E-state index >= 15 is 0 Å². The summed E-state index contributed by atoms with van der Waals surface area (Å²) in [5, 5.41) is 0. The van der Waals surface area contributed by atoms with Crippen molar-refractivity contribution >= 4 is 12.0 Å². The summed E-state index contributed by atoms with van der Waals surface area (Å²) < 4.78 is 0. The number of rotatable bonds is 4. The molecule has 14 heavy (non-hydrogen) atoms. The van der Waals surface area contributed by atoms with Crippen LogP contribution in [0.3, 0.4) is 0 Å². The van der Waals surface area contributed by atoms with E-state index in [0.717, 1.165) is 0 Å². The number of urea groups is 1. The van der Waals surface area contributed by atoms with Gasteiger partial charge in [-0.3, -0.25) is 0 Å². The minimum absolute atomic E-state index is 0.121. The molecule has 80 valence electrons. The molecular formula is C9H16N2O3. The quantitative estimate of drug-likeness (QED) is 0.524. The van der Waals surface area contributed by atoms with Gasteiger partial charge >= 0.3 is 12.0 Å². The van der Waals surface area contributed by atoms with Crippen LogP contribution in [0.15, 0.2) is 12.7 Å². The monoisotopic (exact) mass is 200 g/mol. The molecule has 1 atom stereocenters. The van der Waals surface area contributed by atoms with Gasteiger partial charge < -0.3 is 10.6 Å². The Labute approximate surface area is 83.2 Å². The van der Waals surface area contributed by atoms with E-state index in [1.807, 2.05) is 13.8 Å². The molecule has 1 unspecified atom stereocenters. The first-order valence-electron chi connectivity index (χ1n) is 4.36. The van der Waals surface area contributed by atoms with E-state index in [1.54, 1.807) is 11.6 Å². The Morgan fingerprint density at radius 1 is 1.57 bits per heavy atom. The van der Waals surface area contributed by atoms with Crippen LogP contribution < -0.4 is 11.2 Å². The third-order valence-corrected chi connectivity index (χ3v) is 1.78. The predicted molar refractivity (Wildman–Crippen MR) is 52.0 cm³/mol. The Bertz CT molecular complexity index is 226. The van der Waals surface area contributed by atoms with Crippen molar-refractivity contribution in [2.75, 3.05) is 0 Å². The highest BCUT2D eigenvalue weighted by molar-refractivity contribution is 5.76. The number of nitrogens with two attached hydrogens (primary N) is 1. The zero-order valence-corrected chi connectivity index (χ0v) is 8.45. The molecular weight excluding hydrogens is 184 g/mol. The van der Waals surface area contributed by atoms with Gasteiger partial charge in [0.25, 0.3) is 0 Å². The molecule has 0 aliphatic heterocycles. The summed E-state index contributed by atoms with van der Waals surface area (Å²) in [4.78, 5) is 26.1. The number of hydrogen-bond acceptors (Lipinski definition) is 3. The molecule has 0 radical (unpaired) electrons. The Kier molecular flexibility index (Phi) is 5.36. The van der Waals surface area contributed by atoms with Crippen LogP contribution in [0.4, 0.5) is 4.79 Å². The van der Waals surface area contributed by atoms with Crippen molar-refractivity contribution in [1.29, 1.82) is 0 Å². The van der Waals surface area contributed by atoms with E-state index in [1.165, 1.54) is 0 Å². The highest BCUT2D eigenvalue weighted by atomic mass is 16.7. The molecule has 0 heterocycles. The van der Waals surface area contributed by atoms with E-state index in [0.29, 0.717) is 6.42 Å². The molecule has 0 spiro atoms. The third-order valence-electron chi connectivity index (χ3n) is 1.78. The third kappa shape index (κ3) is 4.49. The van der Waals surface area contributed by atoms with Gasteiger partial charge in [-0.25, -0.2) is 9.59 Å². The normalized spacial score (nSPS) is 11.9. The molecule has 0 aliphatic carbocycles. The lowest BCUT2D eigenvalue weighted by Gasteiger charge is -2.16. The minimum atomic E-state index is -0.889. The molecule has 2 amide bonds. The van der Waals surface area contributed by atoms with E-state index in [-0.39, 0.29) is 11.8 Å². The van der Waals surface area contributed by atoms with Crippen molar-refractivity contribution in [3.05, 3.63) is 12.7 Å². The van der Waals surface area contributed by atoms with Gasteiger partial charge in [-0.1, -0.05) is 19.9 Å². The molecule has 0 rings (SSSR count). The Morgan fingerprint density at radius 2 is 2.14 bits per heavy atom. The van der Waals surface area contributed by atoms with Gasteiger partial charge in [0.15, 0.2) is 0 Å². The molecule has 3 N–H and O–H groups in total. The molecule has 0 aromatic carbocycles. The second kappa shape index (κ2) is 6.01. The predicted octanol–water partition coefficient (Wildman–Crippen LogP) is 0.961. The van der Waals surface area contributed by atoms with Gasteiger partial charge in [0.05, 0.1) is 5.92 Å². The number of amides is 2. The van der Waals surface area contributed by atoms with Gasteiger partial charge in [0, 0.05) is 0 Å². The van der Waals surface area contributed by atoms with Gasteiger partial charge in [-0.05, 0) is 12.3 Å². The zero-order valence-electron chi connectivity index (χ0n) is 8.45. The lowest BCUT2D eigenvalue weighted by molar-refractivity contribution is -0.155. The van der Waals surface area contributed by atoms with Gasteiger partial charge in [0.2, 0.25) is 0 Å². The van der Waals surface area contributed by atoms with E-state index < -0.39 is 12.0 Å². The Balaban J connectivity index is 4.14. The van der Waals surface area contributed by atoms with Crippen LogP contribution >= 0.6 is 0 Å². The number of hydroxylamine groups is 1. The van der Waals surface area contributed by atoms with Crippen molar-refractivity contribution in [3.63, 3.8) is 0 Å². The van der Waals surface area contributed by atoms with Gasteiger partial charge in [-0.2, -0.15) is 5.48 Å². The first-order chi connectivity index (χ1) is 6.49. The average Bonchev–Trinajstić information content (AvgIpc) is 2.09. The van der Waals surface area contributed by atoms with Crippen LogP contribution in [0.25, 0.3) is 0 Å². The lowest BCUT2D eigenvalue weighted by atomic mass is 9.93. The van der Waals surface area contributed by atoms with Crippen molar-refractivity contribution in [1.82, 2.24) is 5.48 Å². The average molecular weight is 200 g/mol. The van der Waals surface area contributed by atoms with Crippen LogP contribution in [0, 0.1) is 11.8 Å². The first kappa shape index (κ1) is 12.5. The number of carbonyl (C=O) groups is 2. The maximum Gasteiger partial charge on any atom is 0.345 e. The number of nitrogens with one attached hydrogen (secondary N) is 1. The van der Waals surface area contributed by atoms with Crippen LogP contribution in [0.1, 0.15) is 20.3 Å². The summed E-state index contributed by atoms with van der Waals surface area (Å²) in [6.45, 7) is 7.32. The number of primary amides is 1. The molecule has 0 aliphatic rings. The summed E-state index contributed by atoms with van der Waals surface area (Å²) in [6, 6.07) is -0.889. The van der Waals surface area contributed by atoms with E-state index in [2.05, 4.69) is 11.4 Å². The highest BCUT2D eigenvalue weighted by Gasteiger charge is 2.22. The molecule has 0 bridgehead atoms. The molecule has 5 heteroatoms. The zero-order chi connectivity index (χ0) is 11.1. The van der Waals surface area contributed by atoms with Crippen molar-refractivity contribution in [2.24, 2.45) is 17.6 Å². The lowest BCUT2D eigenvalue weighted by Crippen LogP contribution is -2.35. The fraction of sp³-hybridized carbons (Fsp3) is 0.556. The Hall–Kier alpha value is -1.52. The maximum atomic E-state index is 11.3. The smallest absolute Gasteiger partial charge is 0.345 e. The van der Waals surface area contributed by atoms with Crippen LogP contribution in [-0.2, 0) is 9.63 Å². The standard InChI is InChI=1S/C9H16N2O3/c1-4-5-7(6(2)3)8(12)14-11-9(10)13/h4,6-7H,1,5H2,2-3H3,(H3,10,11,13). The minimum Gasteiger partial charge on any atom is -0.349 e. The van der Waals surface area contributed by atoms with Crippen molar-refractivity contribution < 1.29 is 14.4 Å². The van der Waals surface area contributed by atoms with Gasteiger partial charge in [-0.15, -0.1) is 6.58 Å². The first-order valence-corrected chi connectivity index (χ1v) is 4.36. The van der Waals surface area contributed by atoms with Crippen LogP contribution in [-0.4, -0.2) is 12.0 Å². The molecule has 0 saturated heterocycles. The van der Waals surface area contributed by atoms with Crippen LogP contribution in [0.5, 0.6) is 0 Å². The molecule has 0 aromatic rings. The number of allylic oxidation sites excluding steroid dienone is 1. The van der Waals surface area contributed by atoms with Crippen molar-refractivity contribution in [3.8, 4) is 0 Å². The van der Waals surface area contributed by atoms with Crippen LogP contribution in [0.2, 0.25) is 0 Å². The fourth-order valence-electron chi connectivity index (χ4n) is 0.996. The second-order valence-electron chi connectivity index (χ2n) is 3.26. The molecule has 0 saturated carbocycles. The fourth-order valence-corrected chi connectivity index (χ4v) is 0.996.